The second-order valence-electron chi connectivity index (χ2n) is 7.09. The SMILES string of the molecule is O=C(CCc1ccccc1)N1CCC[C@H](Cn2nnc(-c3cnccn3)n2)C1. The van der Waals surface area contributed by atoms with Crippen LogP contribution in [0.1, 0.15) is 24.8 Å². The van der Waals surface area contributed by atoms with Crippen molar-refractivity contribution in [1.29, 1.82) is 0 Å². The van der Waals surface area contributed by atoms with Gasteiger partial charge in [-0.1, -0.05) is 30.3 Å². The number of hydrogen-bond acceptors (Lipinski definition) is 6. The molecule has 8 heteroatoms. The molecular formula is C20H23N7O. The summed E-state index contributed by atoms with van der Waals surface area (Å²) in [6.07, 6.45) is 8.24. The lowest BCUT2D eigenvalue weighted by Crippen LogP contribution is -2.41. The molecular weight excluding hydrogens is 354 g/mol. The van der Waals surface area contributed by atoms with Crippen LogP contribution in [0.3, 0.4) is 0 Å². The van der Waals surface area contributed by atoms with E-state index in [9.17, 15) is 4.79 Å². The highest BCUT2D eigenvalue weighted by Gasteiger charge is 2.24. The first-order chi connectivity index (χ1) is 13.8. The quantitative estimate of drug-likeness (QED) is 0.653. The van der Waals surface area contributed by atoms with Crippen LogP contribution in [0.2, 0.25) is 0 Å². The standard InChI is InChI=1S/C20H23N7O/c28-19(9-8-16-5-2-1-3-6-16)26-12-4-7-17(14-26)15-27-24-20(23-25-27)18-13-21-10-11-22-18/h1-3,5-6,10-11,13,17H,4,7-9,12,14-15H2/t17-/m0/s1. The van der Waals surface area contributed by atoms with E-state index in [1.165, 1.54) is 5.56 Å². The summed E-state index contributed by atoms with van der Waals surface area (Å²) in [5.74, 6) is 1.03. The van der Waals surface area contributed by atoms with Crippen molar-refractivity contribution in [2.75, 3.05) is 13.1 Å². The van der Waals surface area contributed by atoms with Crippen molar-refractivity contribution in [3.05, 3.63) is 54.5 Å². The fourth-order valence-corrected chi connectivity index (χ4v) is 3.56. The van der Waals surface area contributed by atoms with Crippen molar-refractivity contribution < 1.29 is 4.79 Å². The fourth-order valence-electron chi connectivity index (χ4n) is 3.56. The second-order valence-corrected chi connectivity index (χ2v) is 7.09. The average molecular weight is 377 g/mol. The first-order valence-corrected chi connectivity index (χ1v) is 9.64. The Balaban J connectivity index is 1.31. The molecule has 1 saturated heterocycles. The molecule has 144 valence electrons. The summed E-state index contributed by atoms with van der Waals surface area (Å²) >= 11 is 0. The minimum Gasteiger partial charge on any atom is -0.342 e. The van der Waals surface area contributed by atoms with Crippen molar-refractivity contribution >= 4 is 5.91 Å². The Morgan fingerprint density at radius 1 is 1.18 bits per heavy atom. The molecule has 1 fully saturated rings. The van der Waals surface area contributed by atoms with E-state index in [-0.39, 0.29) is 5.91 Å². The molecule has 0 radical (unpaired) electrons. The number of carbonyl (C=O) groups is 1. The van der Waals surface area contributed by atoms with E-state index >= 15 is 0 Å². The van der Waals surface area contributed by atoms with Gasteiger partial charge >= 0.3 is 0 Å². The summed E-state index contributed by atoms with van der Waals surface area (Å²) in [5, 5.41) is 12.6. The van der Waals surface area contributed by atoms with Crippen molar-refractivity contribution in [1.82, 2.24) is 35.1 Å². The van der Waals surface area contributed by atoms with Gasteiger partial charge in [-0.05, 0) is 36.0 Å². The molecule has 28 heavy (non-hydrogen) atoms. The smallest absolute Gasteiger partial charge is 0.224 e. The van der Waals surface area contributed by atoms with E-state index in [1.54, 1.807) is 23.4 Å². The zero-order valence-electron chi connectivity index (χ0n) is 15.7. The van der Waals surface area contributed by atoms with Crippen molar-refractivity contribution in [3.8, 4) is 11.5 Å². The number of likely N-dealkylation sites (tertiary alicyclic amines) is 1. The highest BCUT2D eigenvalue weighted by atomic mass is 16.2. The first-order valence-electron chi connectivity index (χ1n) is 9.64. The molecule has 1 aliphatic rings. The zero-order chi connectivity index (χ0) is 19.2. The van der Waals surface area contributed by atoms with Crippen LogP contribution in [0.25, 0.3) is 11.5 Å². The lowest BCUT2D eigenvalue weighted by atomic mass is 9.97. The van der Waals surface area contributed by atoms with Gasteiger partial charge in [0, 0.05) is 31.9 Å². The zero-order valence-corrected chi connectivity index (χ0v) is 15.7. The molecule has 0 unspecified atom stereocenters. The summed E-state index contributed by atoms with van der Waals surface area (Å²) in [5.41, 5.74) is 1.81. The van der Waals surface area contributed by atoms with E-state index in [4.69, 9.17) is 0 Å². The van der Waals surface area contributed by atoms with Crippen molar-refractivity contribution in [2.24, 2.45) is 5.92 Å². The number of amides is 1. The Kier molecular flexibility index (Phi) is 5.65. The van der Waals surface area contributed by atoms with Crippen LogP contribution in [-0.2, 0) is 17.8 Å². The normalized spacial score (nSPS) is 16.9. The van der Waals surface area contributed by atoms with Gasteiger partial charge in [0.05, 0.1) is 12.7 Å². The molecule has 4 rings (SSSR count). The van der Waals surface area contributed by atoms with Crippen LogP contribution in [0.15, 0.2) is 48.9 Å². The number of rotatable bonds is 6. The first kappa shape index (κ1) is 18.2. The number of carbonyl (C=O) groups excluding carboxylic acids is 1. The van der Waals surface area contributed by atoms with Crippen LogP contribution in [0.5, 0.6) is 0 Å². The van der Waals surface area contributed by atoms with E-state index < -0.39 is 0 Å². The van der Waals surface area contributed by atoms with Crippen molar-refractivity contribution in [3.63, 3.8) is 0 Å². The maximum atomic E-state index is 12.6. The maximum Gasteiger partial charge on any atom is 0.224 e. The highest BCUT2D eigenvalue weighted by molar-refractivity contribution is 5.76. The average Bonchev–Trinajstić information content (AvgIpc) is 3.22. The highest BCUT2D eigenvalue weighted by Crippen LogP contribution is 2.19. The molecule has 1 aliphatic heterocycles. The summed E-state index contributed by atoms with van der Waals surface area (Å²) in [4.78, 5) is 24.4. The number of hydrogen-bond donors (Lipinski definition) is 0. The lowest BCUT2D eigenvalue weighted by molar-refractivity contribution is -0.133. The molecule has 1 aromatic carbocycles. The summed E-state index contributed by atoms with van der Waals surface area (Å²) in [6, 6.07) is 10.2. The predicted octanol–water partition coefficient (Wildman–Crippen LogP) is 2.00. The molecule has 1 amide bonds. The Labute approximate surface area is 163 Å². The van der Waals surface area contributed by atoms with Gasteiger partial charge in [-0.25, -0.2) is 4.98 Å². The monoisotopic (exact) mass is 377 g/mol. The van der Waals surface area contributed by atoms with Crippen LogP contribution >= 0.6 is 0 Å². The predicted molar refractivity (Wildman–Crippen MR) is 103 cm³/mol. The van der Waals surface area contributed by atoms with E-state index in [0.717, 1.165) is 32.4 Å². The van der Waals surface area contributed by atoms with Crippen LogP contribution in [-0.4, -0.2) is 54.1 Å². The van der Waals surface area contributed by atoms with Gasteiger partial charge in [-0.15, -0.1) is 10.2 Å². The number of tetrazole rings is 1. The third-order valence-electron chi connectivity index (χ3n) is 5.01. The molecule has 0 aliphatic carbocycles. The van der Waals surface area contributed by atoms with Crippen LogP contribution in [0, 0.1) is 5.92 Å². The summed E-state index contributed by atoms with van der Waals surface area (Å²) < 4.78 is 0. The third-order valence-corrected chi connectivity index (χ3v) is 5.01. The molecule has 3 aromatic rings. The molecule has 8 nitrogen and oxygen atoms in total. The number of aryl methyl sites for hydroxylation is 1. The molecule has 0 N–H and O–H groups in total. The number of nitrogens with zero attached hydrogens (tertiary/aromatic N) is 7. The Morgan fingerprint density at radius 2 is 2.07 bits per heavy atom. The molecule has 0 spiro atoms. The molecule has 0 bridgehead atoms. The van der Waals surface area contributed by atoms with Gasteiger partial charge < -0.3 is 4.90 Å². The van der Waals surface area contributed by atoms with Gasteiger partial charge in [0.15, 0.2) is 0 Å². The van der Waals surface area contributed by atoms with E-state index in [0.29, 0.717) is 30.4 Å². The number of piperidine rings is 1. The van der Waals surface area contributed by atoms with Crippen molar-refractivity contribution in [2.45, 2.75) is 32.2 Å². The molecule has 2 aromatic heterocycles. The topological polar surface area (TPSA) is 89.7 Å². The number of aromatic nitrogens is 6. The van der Waals surface area contributed by atoms with Gasteiger partial charge in [0.2, 0.25) is 11.7 Å². The molecule has 0 saturated carbocycles. The summed E-state index contributed by atoms with van der Waals surface area (Å²) in [6.45, 7) is 2.23. The Hall–Kier alpha value is -3.16. The minimum absolute atomic E-state index is 0.223. The summed E-state index contributed by atoms with van der Waals surface area (Å²) in [7, 11) is 0. The van der Waals surface area contributed by atoms with Gasteiger partial charge in [0.25, 0.3) is 0 Å². The van der Waals surface area contributed by atoms with Gasteiger partial charge in [-0.2, -0.15) is 4.80 Å². The van der Waals surface area contributed by atoms with E-state index in [1.807, 2.05) is 23.1 Å². The fraction of sp³-hybridized carbons (Fsp3) is 0.400. The lowest BCUT2D eigenvalue weighted by Gasteiger charge is -2.32. The van der Waals surface area contributed by atoms with Gasteiger partial charge in [-0.3, -0.25) is 9.78 Å². The Bertz CT molecular complexity index is 897. The minimum atomic E-state index is 0.223. The van der Waals surface area contributed by atoms with Crippen LogP contribution < -0.4 is 0 Å². The second kappa shape index (κ2) is 8.69. The Morgan fingerprint density at radius 3 is 2.89 bits per heavy atom. The number of benzene rings is 1. The van der Waals surface area contributed by atoms with Gasteiger partial charge in [0.1, 0.15) is 5.69 Å². The maximum absolute atomic E-state index is 12.6. The van der Waals surface area contributed by atoms with E-state index in [2.05, 4.69) is 37.5 Å². The largest absolute Gasteiger partial charge is 0.342 e. The third kappa shape index (κ3) is 4.57. The molecule has 1 atom stereocenters. The van der Waals surface area contributed by atoms with Crippen LogP contribution in [0.4, 0.5) is 0 Å². The molecule has 3 heterocycles.